The van der Waals surface area contributed by atoms with Crippen molar-refractivity contribution < 1.29 is 4.21 Å². The van der Waals surface area contributed by atoms with Crippen molar-refractivity contribution in [3.05, 3.63) is 0 Å². The van der Waals surface area contributed by atoms with Gasteiger partial charge in [-0.05, 0) is 19.3 Å². The molecule has 1 fully saturated rings. The molecule has 0 aromatic carbocycles. The molecule has 6 heteroatoms. The van der Waals surface area contributed by atoms with E-state index in [9.17, 15) is 4.21 Å². The number of guanidine groups is 1. The van der Waals surface area contributed by atoms with Crippen LogP contribution in [-0.2, 0) is 10.8 Å². The molecule has 1 aliphatic rings. The van der Waals surface area contributed by atoms with E-state index in [0.29, 0.717) is 12.0 Å². The summed E-state index contributed by atoms with van der Waals surface area (Å²) in [6.07, 6.45) is 4.06. The van der Waals surface area contributed by atoms with Gasteiger partial charge in [-0.3, -0.25) is 14.6 Å². The van der Waals surface area contributed by atoms with Crippen molar-refractivity contribution >= 4 is 16.8 Å². The number of nitrogens with zero attached hydrogens (tertiary/aromatic N) is 1. The van der Waals surface area contributed by atoms with Crippen molar-refractivity contribution in [2.24, 2.45) is 10.8 Å². The summed E-state index contributed by atoms with van der Waals surface area (Å²) < 4.78 is 11.2. The molecule has 1 heterocycles. The van der Waals surface area contributed by atoms with Gasteiger partial charge in [-0.25, -0.2) is 5.84 Å². The Balaban J connectivity index is 2.32. The number of hydrogen-bond donors (Lipinski definition) is 3. The van der Waals surface area contributed by atoms with Crippen LogP contribution < -0.4 is 16.6 Å². The van der Waals surface area contributed by atoms with Crippen molar-refractivity contribution in [3.8, 4) is 0 Å². The van der Waals surface area contributed by atoms with Gasteiger partial charge in [0, 0.05) is 34.9 Å². The topological polar surface area (TPSA) is 79.5 Å². The molecule has 0 unspecified atom stereocenters. The van der Waals surface area contributed by atoms with E-state index in [-0.39, 0.29) is 0 Å². The maximum atomic E-state index is 11.2. The van der Waals surface area contributed by atoms with Crippen LogP contribution in [0.5, 0.6) is 0 Å². The SMILES string of the molecule is CCCCN=C(NN)NC1CCS(=O)CC1. The molecule has 1 aliphatic heterocycles. The molecule has 0 bridgehead atoms. The van der Waals surface area contributed by atoms with Crippen LogP contribution in [0.3, 0.4) is 0 Å². The van der Waals surface area contributed by atoms with Crippen LogP contribution in [0.4, 0.5) is 0 Å². The smallest absolute Gasteiger partial charge is 0.205 e. The molecular weight excluding hydrogens is 224 g/mol. The maximum Gasteiger partial charge on any atom is 0.205 e. The number of unbranched alkanes of at least 4 members (excludes halogenated alkanes) is 1. The Bertz CT molecular complexity index is 247. The van der Waals surface area contributed by atoms with Crippen molar-refractivity contribution in [1.29, 1.82) is 0 Å². The fourth-order valence-electron chi connectivity index (χ4n) is 1.61. The minimum atomic E-state index is -0.616. The predicted molar refractivity (Wildman–Crippen MR) is 68.6 cm³/mol. The molecule has 0 spiro atoms. The van der Waals surface area contributed by atoms with E-state index in [1.807, 2.05) is 0 Å². The van der Waals surface area contributed by atoms with Crippen LogP contribution in [0.2, 0.25) is 0 Å². The highest BCUT2D eigenvalue weighted by Gasteiger charge is 2.18. The normalized spacial score (nSPS) is 26.5. The lowest BCUT2D eigenvalue weighted by molar-refractivity contribution is 0.542. The van der Waals surface area contributed by atoms with Crippen LogP contribution in [-0.4, -0.2) is 34.3 Å². The molecule has 0 radical (unpaired) electrons. The highest BCUT2D eigenvalue weighted by Crippen LogP contribution is 2.08. The summed E-state index contributed by atoms with van der Waals surface area (Å²) in [6, 6.07) is 0.356. The molecule has 0 aliphatic carbocycles. The molecule has 16 heavy (non-hydrogen) atoms. The van der Waals surface area contributed by atoms with E-state index in [1.165, 1.54) is 0 Å². The second-order valence-electron chi connectivity index (χ2n) is 3.99. The first kappa shape index (κ1) is 13.4. The molecule has 1 rings (SSSR count). The van der Waals surface area contributed by atoms with Crippen LogP contribution in [0.1, 0.15) is 32.6 Å². The minimum absolute atomic E-state index is 0.356. The average molecular weight is 246 g/mol. The number of rotatable bonds is 4. The molecule has 0 atom stereocenters. The first-order valence-corrected chi connectivity index (χ1v) is 7.37. The Morgan fingerprint density at radius 3 is 2.75 bits per heavy atom. The molecule has 5 nitrogen and oxygen atoms in total. The van der Waals surface area contributed by atoms with Crippen molar-refractivity contribution in [2.75, 3.05) is 18.1 Å². The molecule has 0 amide bonds. The van der Waals surface area contributed by atoms with Gasteiger partial charge in [0.2, 0.25) is 5.96 Å². The average Bonchev–Trinajstić information content (AvgIpc) is 2.31. The third-order valence-corrected chi connectivity index (χ3v) is 4.03. The second-order valence-corrected chi connectivity index (χ2v) is 5.69. The fraction of sp³-hybridized carbons (Fsp3) is 0.900. The number of aliphatic imine (C=N–C) groups is 1. The molecule has 94 valence electrons. The second kappa shape index (κ2) is 7.62. The van der Waals surface area contributed by atoms with Gasteiger partial charge in [0.1, 0.15) is 0 Å². The van der Waals surface area contributed by atoms with Gasteiger partial charge in [0.15, 0.2) is 0 Å². The molecule has 0 saturated carbocycles. The zero-order valence-electron chi connectivity index (χ0n) is 9.87. The van der Waals surface area contributed by atoms with Crippen LogP contribution in [0.15, 0.2) is 4.99 Å². The Morgan fingerprint density at radius 1 is 1.50 bits per heavy atom. The summed E-state index contributed by atoms with van der Waals surface area (Å²) in [5, 5.41) is 3.26. The van der Waals surface area contributed by atoms with Crippen molar-refractivity contribution in [3.63, 3.8) is 0 Å². The standard InChI is InChI=1S/C10H22N4OS/c1-2-3-6-12-10(14-11)13-9-4-7-16(15)8-5-9/h9H,2-8,11H2,1H3,(H2,12,13,14). The van der Waals surface area contributed by atoms with Gasteiger partial charge < -0.3 is 5.32 Å². The third kappa shape index (κ3) is 4.94. The highest BCUT2D eigenvalue weighted by atomic mass is 32.2. The van der Waals surface area contributed by atoms with E-state index in [4.69, 9.17) is 5.84 Å². The molecule has 0 aromatic rings. The lowest BCUT2D eigenvalue weighted by Crippen LogP contribution is -2.48. The number of hydrazine groups is 1. The van der Waals surface area contributed by atoms with Gasteiger partial charge in [0.05, 0.1) is 0 Å². The Kier molecular flexibility index (Phi) is 6.40. The van der Waals surface area contributed by atoms with Crippen molar-refractivity contribution in [1.82, 2.24) is 10.7 Å². The van der Waals surface area contributed by atoms with E-state index < -0.39 is 10.8 Å². The summed E-state index contributed by atoms with van der Waals surface area (Å²) >= 11 is 0. The third-order valence-electron chi connectivity index (χ3n) is 2.65. The summed E-state index contributed by atoms with van der Waals surface area (Å²) in [5.74, 6) is 7.62. The summed E-state index contributed by atoms with van der Waals surface area (Å²) in [5.41, 5.74) is 2.58. The number of nitrogens with two attached hydrogens (primary N) is 1. The summed E-state index contributed by atoms with van der Waals surface area (Å²) in [6.45, 7) is 2.93. The van der Waals surface area contributed by atoms with Crippen molar-refractivity contribution in [2.45, 2.75) is 38.6 Å². The zero-order chi connectivity index (χ0) is 11.8. The van der Waals surface area contributed by atoms with Crippen LogP contribution in [0, 0.1) is 0 Å². The maximum absolute atomic E-state index is 11.2. The Labute approximate surface area is 99.7 Å². The molecule has 0 aromatic heterocycles. The zero-order valence-corrected chi connectivity index (χ0v) is 10.7. The Morgan fingerprint density at radius 2 is 2.19 bits per heavy atom. The number of hydrogen-bond acceptors (Lipinski definition) is 3. The highest BCUT2D eigenvalue weighted by molar-refractivity contribution is 7.85. The molecule has 1 saturated heterocycles. The van der Waals surface area contributed by atoms with Gasteiger partial charge in [-0.2, -0.15) is 0 Å². The predicted octanol–water partition coefficient (Wildman–Crippen LogP) is 0.107. The van der Waals surface area contributed by atoms with Crippen LogP contribution >= 0.6 is 0 Å². The number of nitrogens with one attached hydrogen (secondary N) is 2. The van der Waals surface area contributed by atoms with E-state index >= 15 is 0 Å². The van der Waals surface area contributed by atoms with E-state index in [0.717, 1.165) is 43.7 Å². The first-order valence-electron chi connectivity index (χ1n) is 5.88. The monoisotopic (exact) mass is 246 g/mol. The fourth-order valence-corrected chi connectivity index (χ4v) is 2.91. The Hall–Kier alpha value is -0.620. The minimum Gasteiger partial charge on any atom is -0.353 e. The van der Waals surface area contributed by atoms with Crippen LogP contribution in [0.25, 0.3) is 0 Å². The lowest BCUT2D eigenvalue weighted by Gasteiger charge is -2.23. The van der Waals surface area contributed by atoms with E-state index in [2.05, 4.69) is 22.7 Å². The lowest BCUT2D eigenvalue weighted by atomic mass is 10.2. The quantitative estimate of drug-likeness (QED) is 0.216. The van der Waals surface area contributed by atoms with Gasteiger partial charge in [-0.15, -0.1) is 0 Å². The van der Waals surface area contributed by atoms with Gasteiger partial charge >= 0.3 is 0 Å². The van der Waals surface area contributed by atoms with Gasteiger partial charge in [0.25, 0.3) is 0 Å². The largest absolute Gasteiger partial charge is 0.353 e. The molecular formula is C10H22N4OS. The molecule has 4 N–H and O–H groups in total. The first-order chi connectivity index (χ1) is 7.76. The summed E-state index contributed by atoms with van der Waals surface area (Å²) in [7, 11) is -0.616. The van der Waals surface area contributed by atoms with E-state index in [1.54, 1.807) is 0 Å². The van der Waals surface area contributed by atoms with Gasteiger partial charge in [-0.1, -0.05) is 13.3 Å². The summed E-state index contributed by atoms with van der Waals surface area (Å²) in [4.78, 5) is 4.34.